The van der Waals surface area contributed by atoms with Gasteiger partial charge in [0.15, 0.2) is 11.8 Å². The number of aromatic nitrogens is 3. The Labute approximate surface area is 205 Å². The molecular formula is C22H28ClIN6O. The molecule has 0 radical (unpaired) electrons. The Morgan fingerprint density at radius 1 is 1.16 bits per heavy atom. The number of rotatable bonds is 7. The summed E-state index contributed by atoms with van der Waals surface area (Å²) in [6, 6.07) is 11.8. The predicted octanol–water partition coefficient (Wildman–Crippen LogP) is 4.07. The molecule has 9 heteroatoms. The van der Waals surface area contributed by atoms with Gasteiger partial charge in [-0.05, 0) is 55.7 Å². The van der Waals surface area contributed by atoms with Crippen LogP contribution in [0.4, 0.5) is 0 Å². The zero-order valence-electron chi connectivity index (χ0n) is 18.1. The SMILES string of the molecule is CN=C(NCCc1ccc(OC)cc1Cl)NCc1ccc(-n2nc(C)cc2C)nc1.I. The fourth-order valence-corrected chi connectivity index (χ4v) is 3.35. The Hall–Kier alpha value is -2.33. The van der Waals surface area contributed by atoms with E-state index in [9.17, 15) is 0 Å². The van der Waals surface area contributed by atoms with Crippen LogP contribution >= 0.6 is 35.6 Å². The van der Waals surface area contributed by atoms with Crippen molar-refractivity contribution >= 4 is 41.5 Å². The lowest BCUT2D eigenvalue weighted by molar-refractivity contribution is 0.414. The van der Waals surface area contributed by atoms with Crippen LogP contribution in [-0.4, -0.2) is 41.4 Å². The van der Waals surface area contributed by atoms with E-state index in [0.717, 1.165) is 46.5 Å². The van der Waals surface area contributed by atoms with Crippen LogP contribution < -0.4 is 15.4 Å². The van der Waals surface area contributed by atoms with Crippen LogP contribution in [0.5, 0.6) is 5.75 Å². The molecule has 166 valence electrons. The third-order valence-corrected chi connectivity index (χ3v) is 5.02. The molecule has 3 rings (SSSR count). The molecule has 0 saturated carbocycles. The third-order valence-electron chi connectivity index (χ3n) is 4.67. The molecule has 2 N–H and O–H groups in total. The van der Waals surface area contributed by atoms with E-state index >= 15 is 0 Å². The lowest BCUT2D eigenvalue weighted by atomic mass is 10.1. The third kappa shape index (κ3) is 6.83. The van der Waals surface area contributed by atoms with Gasteiger partial charge in [-0.1, -0.05) is 23.7 Å². The highest BCUT2D eigenvalue weighted by Crippen LogP contribution is 2.22. The van der Waals surface area contributed by atoms with Gasteiger partial charge in [-0.2, -0.15) is 5.10 Å². The smallest absolute Gasteiger partial charge is 0.191 e. The fraction of sp³-hybridized carbons (Fsp3) is 0.318. The molecule has 3 aromatic rings. The molecule has 0 amide bonds. The number of benzene rings is 1. The number of aliphatic imine (C=N–C) groups is 1. The fourth-order valence-electron chi connectivity index (χ4n) is 3.09. The highest BCUT2D eigenvalue weighted by Gasteiger charge is 2.06. The Morgan fingerprint density at radius 2 is 1.97 bits per heavy atom. The quantitative estimate of drug-likeness (QED) is 0.262. The molecule has 2 aromatic heterocycles. The van der Waals surface area contributed by atoms with Crippen LogP contribution in [0, 0.1) is 13.8 Å². The van der Waals surface area contributed by atoms with Crippen molar-refractivity contribution in [2.24, 2.45) is 4.99 Å². The maximum absolute atomic E-state index is 6.30. The van der Waals surface area contributed by atoms with Crippen molar-refractivity contribution in [2.75, 3.05) is 20.7 Å². The molecule has 0 unspecified atom stereocenters. The van der Waals surface area contributed by atoms with Gasteiger partial charge in [-0.3, -0.25) is 4.99 Å². The van der Waals surface area contributed by atoms with Crippen LogP contribution in [0.15, 0.2) is 47.6 Å². The van der Waals surface area contributed by atoms with Gasteiger partial charge in [-0.15, -0.1) is 24.0 Å². The van der Waals surface area contributed by atoms with Gasteiger partial charge in [-0.25, -0.2) is 9.67 Å². The molecule has 0 saturated heterocycles. The van der Waals surface area contributed by atoms with E-state index in [4.69, 9.17) is 16.3 Å². The maximum Gasteiger partial charge on any atom is 0.191 e. The summed E-state index contributed by atoms with van der Waals surface area (Å²) in [5, 5.41) is 11.8. The second kappa shape index (κ2) is 11.9. The first-order valence-electron chi connectivity index (χ1n) is 9.75. The van der Waals surface area contributed by atoms with Crippen molar-refractivity contribution in [3.8, 4) is 11.6 Å². The molecule has 0 aliphatic carbocycles. The predicted molar refractivity (Wildman–Crippen MR) is 136 cm³/mol. The van der Waals surface area contributed by atoms with Gasteiger partial charge in [0.05, 0.1) is 12.8 Å². The normalized spacial score (nSPS) is 11.1. The van der Waals surface area contributed by atoms with Crippen LogP contribution in [0.2, 0.25) is 5.02 Å². The van der Waals surface area contributed by atoms with Crippen molar-refractivity contribution in [1.29, 1.82) is 0 Å². The van der Waals surface area contributed by atoms with Crippen LogP contribution in [0.1, 0.15) is 22.5 Å². The summed E-state index contributed by atoms with van der Waals surface area (Å²) >= 11 is 6.30. The first kappa shape index (κ1) is 24.9. The number of aryl methyl sites for hydroxylation is 2. The lowest BCUT2D eigenvalue weighted by Gasteiger charge is -2.13. The van der Waals surface area contributed by atoms with Gasteiger partial charge < -0.3 is 15.4 Å². The number of hydrogen-bond donors (Lipinski definition) is 2. The molecule has 0 spiro atoms. The Balaban J connectivity index is 0.00000341. The minimum Gasteiger partial charge on any atom is -0.497 e. The highest BCUT2D eigenvalue weighted by molar-refractivity contribution is 14.0. The Kier molecular flexibility index (Phi) is 9.57. The molecule has 0 aliphatic rings. The molecule has 0 bridgehead atoms. The molecule has 0 aliphatic heterocycles. The second-order valence-electron chi connectivity index (χ2n) is 6.92. The summed E-state index contributed by atoms with van der Waals surface area (Å²) in [5.74, 6) is 2.29. The molecule has 31 heavy (non-hydrogen) atoms. The molecule has 0 fully saturated rings. The van der Waals surface area contributed by atoms with E-state index in [1.54, 1.807) is 14.2 Å². The topological polar surface area (TPSA) is 76.4 Å². The van der Waals surface area contributed by atoms with Gasteiger partial charge in [0.1, 0.15) is 5.75 Å². The number of ether oxygens (including phenoxy) is 1. The van der Waals surface area contributed by atoms with E-state index in [-0.39, 0.29) is 24.0 Å². The first-order valence-corrected chi connectivity index (χ1v) is 10.1. The largest absolute Gasteiger partial charge is 0.497 e. The number of nitrogens with one attached hydrogen (secondary N) is 2. The van der Waals surface area contributed by atoms with E-state index in [1.807, 2.05) is 61.1 Å². The Bertz CT molecular complexity index is 1020. The number of methoxy groups -OCH3 is 1. The standard InChI is InChI=1S/C22H27ClN6O.HI/c1-15-11-16(2)29(28-15)21-8-5-17(13-26-21)14-27-22(24-3)25-10-9-18-6-7-19(30-4)12-20(18)23;/h5-8,11-13H,9-10,14H2,1-4H3,(H2,24,25,27);1H. The van der Waals surface area contributed by atoms with Gasteiger partial charge >= 0.3 is 0 Å². The van der Waals surface area contributed by atoms with Crippen LogP contribution in [-0.2, 0) is 13.0 Å². The molecule has 2 heterocycles. The van der Waals surface area contributed by atoms with E-state index < -0.39 is 0 Å². The van der Waals surface area contributed by atoms with Crippen molar-refractivity contribution < 1.29 is 4.74 Å². The van der Waals surface area contributed by atoms with E-state index in [1.165, 1.54) is 0 Å². The van der Waals surface area contributed by atoms with Crippen LogP contribution in [0.25, 0.3) is 5.82 Å². The average molecular weight is 555 g/mol. The summed E-state index contributed by atoms with van der Waals surface area (Å²) in [6.45, 7) is 5.32. The highest BCUT2D eigenvalue weighted by atomic mass is 127. The molecular weight excluding hydrogens is 527 g/mol. The number of hydrogen-bond acceptors (Lipinski definition) is 4. The second-order valence-corrected chi connectivity index (χ2v) is 7.33. The van der Waals surface area contributed by atoms with E-state index in [0.29, 0.717) is 18.1 Å². The average Bonchev–Trinajstić information content (AvgIpc) is 3.09. The van der Waals surface area contributed by atoms with Gasteiger partial charge in [0.25, 0.3) is 0 Å². The minimum atomic E-state index is 0. The summed E-state index contributed by atoms with van der Waals surface area (Å²) in [6.07, 6.45) is 2.63. The van der Waals surface area contributed by atoms with Crippen molar-refractivity contribution in [2.45, 2.75) is 26.8 Å². The maximum atomic E-state index is 6.30. The van der Waals surface area contributed by atoms with Crippen molar-refractivity contribution in [3.05, 3.63) is 70.1 Å². The molecule has 7 nitrogen and oxygen atoms in total. The molecule has 0 atom stereocenters. The van der Waals surface area contributed by atoms with Crippen molar-refractivity contribution in [1.82, 2.24) is 25.4 Å². The zero-order chi connectivity index (χ0) is 21.5. The van der Waals surface area contributed by atoms with Crippen LogP contribution in [0.3, 0.4) is 0 Å². The van der Waals surface area contributed by atoms with Gasteiger partial charge in [0, 0.05) is 37.1 Å². The van der Waals surface area contributed by atoms with E-state index in [2.05, 4.69) is 25.7 Å². The van der Waals surface area contributed by atoms with Crippen molar-refractivity contribution in [3.63, 3.8) is 0 Å². The summed E-state index contributed by atoms with van der Waals surface area (Å²) in [7, 11) is 3.38. The number of halogens is 2. The summed E-state index contributed by atoms with van der Waals surface area (Å²) in [4.78, 5) is 8.80. The zero-order valence-corrected chi connectivity index (χ0v) is 21.2. The summed E-state index contributed by atoms with van der Waals surface area (Å²) in [5.41, 5.74) is 4.16. The molecule has 1 aromatic carbocycles. The minimum absolute atomic E-state index is 0. The Morgan fingerprint density at radius 3 is 2.55 bits per heavy atom. The number of nitrogens with zero attached hydrogens (tertiary/aromatic N) is 4. The number of pyridine rings is 1. The number of guanidine groups is 1. The monoisotopic (exact) mass is 554 g/mol. The summed E-state index contributed by atoms with van der Waals surface area (Å²) < 4.78 is 7.03. The first-order chi connectivity index (χ1) is 14.5. The lowest BCUT2D eigenvalue weighted by Crippen LogP contribution is -2.37. The van der Waals surface area contributed by atoms with Gasteiger partial charge in [0.2, 0.25) is 0 Å².